The average Bonchev–Trinajstić information content (AvgIpc) is 2.46. The predicted molar refractivity (Wildman–Crippen MR) is 71.3 cm³/mol. The summed E-state index contributed by atoms with van der Waals surface area (Å²) in [4.78, 5) is 23.2. The third-order valence-electron chi connectivity index (χ3n) is 3.52. The second-order valence-corrected chi connectivity index (χ2v) is 4.82. The molecule has 1 aliphatic carbocycles. The van der Waals surface area contributed by atoms with Crippen molar-refractivity contribution in [2.24, 2.45) is 11.8 Å². The molecule has 1 aromatic rings. The van der Waals surface area contributed by atoms with E-state index in [2.05, 4.69) is 10.9 Å². The molecule has 0 aliphatic heterocycles. The van der Waals surface area contributed by atoms with Crippen molar-refractivity contribution in [1.82, 2.24) is 5.43 Å². The van der Waals surface area contributed by atoms with Crippen molar-refractivity contribution in [2.75, 3.05) is 5.43 Å². The molecule has 3 N–H and O–H groups in total. The Morgan fingerprint density at radius 1 is 1.05 bits per heavy atom. The van der Waals surface area contributed by atoms with E-state index < -0.39 is 17.8 Å². The molecule has 1 fully saturated rings. The fourth-order valence-electron chi connectivity index (χ4n) is 2.49. The average molecular weight is 262 g/mol. The van der Waals surface area contributed by atoms with E-state index in [4.69, 9.17) is 5.11 Å². The molecule has 5 nitrogen and oxygen atoms in total. The molecular formula is C14H18N2O3. The van der Waals surface area contributed by atoms with Crippen LogP contribution in [-0.2, 0) is 9.59 Å². The lowest BCUT2D eigenvalue weighted by Gasteiger charge is -2.27. The summed E-state index contributed by atoms with van der Waals surface area (Å²) < 4.78 is 0. The minimum absolute atomic E-state index is 0.240. The minimum Gasteiger partial charge on any atom is -0.481 e. The maximum Gasteiger partial charge on any atom is 0.307 e. The largest absolute Gasteiger partial charge is 0.481 e. The van der Waals surface area contributed by atoms with Gasteiger partial charge in [-0.05, 0) is 25.0 Å². The second kappa shape index (κ2) is 6.22. The zero-order valence-corrected chi connectivity index (χ0v) is 10.6. The first-order chi connectivity index (χ1) is 9.18. The Balaban J connectivity index is 1.93. The first kappa shape index (κ1) is 13.4. The zero-order valence-electron chi connectivity index (χ0n) is 10.6. The third-order valence-corrected chi connectivity index (χ3v) is 3.52. The van der Waals surface area contributed by atoms with E-state index in [0.29, 0.717) is 12.8 Å². The summed E-state index contributed by atoms with van der Waals surface area (Å²) in [5.74, 6) is -2.12. The van der Waals surface area contributed by atoms with Gasteiger partial charge in [0.25, 0.3) is 0 Å². The highest BCUT2D eigenvalue weighted by Crippen LogP contribution is 2.30. The molecule has 0 aromatic heterocycles. The van der Waals surface area contributed by atoms with Gasteiger partial charge in [0.1, 0.15) is 0 Å². The van der Waals surface area contributed by atoms with Gasteiger partial charge in [-0.15, -0.1) is 0 Å². The predicted octanol–water partition coefficient (Wildman–Crippen LogP) is 2.02. The molecule has 1 aromatic carbocycles. The summed E-state index contributed by atoms with van der Waals surface area (Å²) in [5.41, 5.74) is 6.19. The zero-order chi connectivity index (χ0) is 13.7. The normalized spacial score (nSPS) is 22.5. The summed E-state index contributed by atoms with van der Waals surface area (Å²) in [5, 5.41) is 9.14. The van der Waals surface area contributed by atoms with Gasteiger partial charge in [0, 0.05) is 0 Å². The molecule has 0 bridgehead atoms. The SMILES string of the molecule is O=C(O)C1CCCCC1C(=O)NNc1ccccc1. The van der Waals surface area contributed by atoms with Gasteiger partial charge in [-0.2, -0.15) is 0 Å². The van der Waals surface area contributed by atoms with E-state index >= 15 is 0 Å². The van der Waals surface area contributed by atoms with Crippen molar-refractivity contribution in [2.45, 2.75) is 25.7 Å². The number of rotatable bonds is 4. The van der Waals surface area contributed by atoms with Crippen LogP contribution in [0.3, 0.4) is 0 Å². The number of carbonyl (C=O) groups is 2. The molecule has 102 valence electrons. The number of benzene rings is 1. The molecule has 1 saturated carbocycles. The smallest absolute Gasteiger partial charge is 0.307 e. The van der Waals surface area contributed by atoms with E-state index in [9.17, 15) is 9.59 Å². The molecule has 5 heteroatoms. The number of hydrogen-bond acceptors (Lipinski definition) is 3. The number of carboxylic acid groups (broad SMARTS) is 1. The Morgan fingerprint density at radius 2 is 1.68 bits per heavy atom. The number of hydrogen-bond donors (Lipinski definition) is 3. The Hall–Kier alpha value is -2.04. The van der Waals surface area contributed by atoms with Crippen LogP contribution in [0.4, 0.5) is 5.69 Å². The number of aliphatic carboxylic acids is 1. The Kier molecular flexibility index (Phi) is 4.39. The number of anilines is 1. The first-order valence-corrected chi connectivity index (χ1v) is 6.52. The Labute approximate surface area is 112 Å². The lowest BCUT2D eigenvalue weighted by molar-refractivity contribution is -0.148. The molecule has 0 saturated heterocycles. The summed E-state index contributed by atoms with van der Waals surface area (Å²) >= 11 is 0. The topological polar surface area (TPSA) is 78.4 Å². The molecule has 19 heavy (non-hydrogen) atoms. The third kappa shape index (κ3) is 3.47. The Morgan fingerprint density at radius 3 is 2.32 bits per heavy atom. The molecule has 1 aliphatic rings. The van der Waals surface area contributed by atoms with Crippen LogP contribution in [0, 0.1) is 11.8 Å². The number of amides is 1. The number of carbonyl (C=O) groups excluding carboxylic acids is 1. The van der Waals surface area contributed by atoms with Crippen LogP contribution >= 0.6 is 0 Å². The van der Waals surface area contributed by atoms with E-state index in [1.165, 1.54) is 0 Å². The van der Waals surface area contributed by atoms with Crippen molar-refractivity contribution in [3.63, 3.8) is 0 Å². The van der Waals surface area contributed by atoms with E-state index in [1.54, 1.807) is 0 Å². The van der Waals surface area contributed by atoms with Crippen molar-refractivity contribution in [3.8, 4) is 0 Å². The second-order valence-electron chi connectivity index (χ2n) is 4.82. The number of hydrazine groups is 1. The van der Waals surface area contributed by atoms with Crippen LogP contribution < -0.4 is 10.9 Å². The van der Waals surface area contributed by atoms with E-state index in [0.717, 1.165) is 18.5 Å². The molecule has 0 heterocycles. The molecule has 2 unspecified atom stereocenters. The van der Waals surface area contributed by atoms with Gasteiger partial charge in [0.05, 0.1) is 17.5 Å². The summed E-state index contributed by atoms with van der Waals surface area (Å²) in [6, 6.07) is 9.25. The molecule has 1 amide bonds. The van der Waals surface area contributed by atoms with Gasteiger partial charge in [0.15, 0.2) is 0 Å². The van der Waals surface area contributed by atoms with Crippen LogP contribution in [0.5, 0.6) is 0 Å². The fourth-order valence-corrected chi connectivity index (χ4v) is 2.49. The van der Waals surface area contributed by atoms with Crippen LogP contribution in [-0.4, -0.2) is 17.0 Å². The molecular weight excluding hydrogens is 244 g/mol. The van der Waals surface area contributed by atoms with Crippen LogP contribution in [0.25, 0.3) is 0 Å². The van der Waals surface area contributed by atoms with Gasteiger partial charge < -0.3 is 5.11 Å². The lowest BCUT2D eigenvalue weighted by atomic mass is 9.79. The van der Waals surface area contributed by atoms with Crippen LogP contribution in [0.15, 0.2) is 30.3 Å². The summed E-state index contributed by atoms with van der Waals surface area (Å²) in [6.07, 6.45) is 3.01. The van der Waals surface area contributed by atoms with Crippen molar-refractivity contribution in [3.05, 3.63) is 30.3 Å². The first-order valence-electron chi connectivity index (χ1n) is 6.52. The molecule has 2 atom stereocenters. The standard InChI is InChI=1S/C14H18N2O3/c17-13(16-15-10-6-2-1-3-7-10)11-8-4-5-9-12(11)14(18)19/h1-3,6-7,11-12,15H,4-5,8-9H2,(H,16,17)(H,18,19). The van der Waals surface area contributed by atoms with E-state index in [-0.39, 0.29) is 5.91 Å². The van der Waals surface area contributed by atoms with Gasteiger partial charge in [0.2, 0.25) is 5.91 Å². The van der Waals surface area contributed by atoms with Crippen molar-refractivity contribution in [1.29, 1.82) is 0 Å². The minimum atomic E-state index is -0.875. The number of nitrogens with one attached hydrogen (secondary N) is 2. The molecule has 2 rings (SSSR count). The van der Waals surface area contributed by atoms with Gasteiger partial charge >= 0.3 is 5.97 Å². The number of para-hydroxylation sites is 1. The maximum atomic E-state index is 12.0. The quantitative estimate of drug-likeness (QED) is 0.725. The Bertz CT molecular complexity index is 447. The highest BCUT2D eigenvalue weighted by atomic mass is 16.4. The molecule has 0 radical (unpaired) electrons. The van der Waals surface area contributed by atoms with Gasteiger partial charge in [-0.25, -0.2) is 0 Å². The highest BCUT2D eigenvalue weighted by Gasteiger charge is 2.35. The molecule has 0 spiro atoms. The van der Waals surface area contributed by atoms with Crippen LogP contribution in [0.2, 0.25) is 0 Å². The van der Waals surface area contributed by atoms with E-state index in [1.807, 2.05) is 30.3 Å². The van der Waals surface area contributed by atoms with Crippen LogP contribution in [0.1, 0.15) is 25.7 Å². The highest BCUT2D eigenvalue weighted by molar-refractivity contribution is 5.85. The van der Waals surface area contributed by atoms with Crippen molar-refractivity contribution >= 4 is 17.6 Å². The fraction of sp³-hybridized carbons (Fsp3) is 0.429. The maximum absolute atomic E-state index is 12.0. The summed E-state index contributed by atoms with van der Waals surface area (Å²) in [7, 11) is 0. The van der Waals surface area contributed by atoms with Crippen molar-refractivity contribution < 1.29 is 14.7 Å². The summed E-state index contributed by atoms with van der Waals surface area (Å²) in [6.45, 7) is 0. The van der Waals surface area contributed by atoms with Gasteiger partial charge in [-0.3, -0.25) is 20.4 Å². The number of carboxylic acids is 1. The lowest BCUT2D eigenvalue weighted by Crippen LogP contribution is -2.41. The van der Waals surface area contributed by atoms with Gasteiger partial charge in [-0.1, -0.05) is 31.0 Å². The monoisotopic (exact) mass is 262 g/mol.